The maximum absolute atomic E-state index is 6.08. The van der Waals surface area contributed by atoms with E-state index >= 15 is 0 Å². The highest BCUT2D eigenvalue weighted by Crippen LogP contribution is 2.31. The Kier molecular flexibility index (Phi) is 7.27. The molecule has 0 amide bonds. The van der Waals surface area contributed by atoms with Crippen LogP contribution in [0.4, 0.5) is 5.69 Å². The first-order chi connectivity index (χ1) is 10.7. The quantitative estimate of drug-likeness (QED) is 0.411. The van der Waals surface area contributed by atoms with Crippen molar-refractivity contribution in [1.29, 1.82) is 0 Å². The molecule has 23 heavy (non-hydrogen) atoms. The second-order valence-electron chi connectivity index (χ2n) is 6.29. The predicted molar refractivity (Wildman–Crippen MR) is 109 cm³/mol. The molecule has 1 unspecified atom stereocenters. The van der Waals surface area contributed by atoms with Crippen molar-refractivity contribution in [3.05, 3.63) is 29.3 Å². The fourth-order valence-corrected chi connectivity index (χ4v) is 3.16. The van der Waals surface area contributed by atoms with E-state index in [1.54, 1.807) is 0 Å². The first-order valence-electron chi connectivity index (χ1n) is 8.22. The highest BCUT2D eigenvalue weighted by molar-refractivity contribution is 14.0. The average Bonchev–Trinajstić information content (AvgIpc) is 3.22. The van der Waals surface area contributed by atoms with Crippen LogP contribution >= 0.6 is 35.6 Å². The van der Waals surface area contributed by atoms with Crippen molar-refractivity contribution >= 4 is 47.2 Å². The van der Waals surface area contributed by atoms with Crippen LogP contribution < -0.4 is 15.5 Å². The number of rotatable bonds is 5. The van der Waals surface area contributed by atoms with E-state index in [0.717, 1.165) is 43.0 Å². The summed E-state index contributed by atoms with van der Waals surface area (Å²) in [6.45, 7) is 3.07. The maximum atomic E-state index is 6.08. The van der Waals surface area contributed by atoms with Crippen LogP contribution in [0.2, 0.25) is 5.02 Å². The lowest BCUT2D eigenvalue weighted by atomic mass is 10.2. The van der Waals surface area contributed by atoms with Crippen molar-refractivity contribution < 1.29 is 0 Å². The van der Waals surface area contributed by atoms with Crippen LogP contribution in [-0.2, 0) is 0 Å². The largest absolute Gasteiger partial charge is 0.369 e. The minimum atomic E-state index is 0. The molecule has 1 saturated carbocycles. The molecule has 3 rings (SSSR count). The van der Waals surface area contributed by atoms with E-state index in [9.17, 15) is 0 Å². The summed E-state index contributed by atoms with van der Waals surface area (Å²) in [5, 5.41) is 7.77. The fraction of sp³-hybridized carbons (Fsp3) is 0.588. The summed E-state index contributed by atoms with van der Waals surface area (Å²) >= 11 is 6.08. The molecular weight excluding hydrogens is 423 g/mol. The topological polar surface area (TPSA) is 39.7 Å². The van der Waals surface area contributed by atoms with Gasteiger partial charge in [-0.2, -0.15) is 0 Å². The lowest BCUT2D eigenvalue weighted by Crippen LogP contribution is -2.44. The second-order valence-corrected chi connectivity index (χ2v) is 6.72. The molecule has 1 aromatic rings. The third-order valence-corrected chi connectivity index (χ3v) is 4.70. The lowest BCUT2D eigenvalue weighted by molar-refractivity contribution is 0.632. The Labute approximate surface area is 161 Å². The van der Waals surface area contributed by atoms with Gasteiger partial charge in [-0.3, -0.25) is 4.99 Å². The number of nitrogens with zero attached hydrogens (tertiary/aromatic N) is 2. The molecule has 1 aromatic carbocycles. The van der Waals surface area contributed by atoms with Gasteiger partial charge in [0.1, 0.15) is 0 Å². The van der Waals surface area contributed by atoms with Gasteiger partial charge in [0, 0.05) is 43.4 Å². The van der Waals surface area contributed by atoms with E-state index in [4.69, 9.17) is 11.6 Å². The van der Waals surface area contributed by atoms with Crippen molar-refractivity contribution in [1.82, 2.24) is 10.6 Å². The van der Waals surface area contributed by atoms with Gasteiger partial charge in [0.2, 0.25) is 0 Å². The first-order valence-corrected chi connectivity index (χ1v) is 8.60. The van der Waals surface area contributed by atoms with Crippen molar-refractivity contribution in [2.75, 3.05) is 31.6 Å². The summed E-state index contributed by atoms with van der Waals surface area (Å²) in [4.78, 5) is 6.71. The Morgan fingerprint density at radius 2 is 2.17 bits per heavy atom. The third kappa shape index (κ3) is 5.71. The number of aliphatic imine (C=N–C) groups is 1. The Bertz CT molecular complexity index is 533. The van der Waals surface area contributed by atoms with Gasteiger partial charge < -0.3 is 15.5 Å². The highest BCUT2D eigenvalue weighted by Gasteiger charge is 2.24. The van der Waals surface area contributed by atoms with Crippen LogP contribution in [0.25, 0.3) is 0 Å². The normalized spacial score (nSPS) is 21.0. The van der Waals surface area contributed by atoms with E-state index in [0.29, 0.717) is 6.04 Å². The first kappa shape index (κ1) is 18.6. The van der Waals surface area contributed by atoms with E-state index in [1.807, 2.05) is 25.2 Å². The Morgan fingerprint density at radius 3 is 2.87 bits per heavy atom. The van der Waals surface area contributed by atoms with E-state index in [2.05, 4.69) is 26.6 Å². The average molecular weight is 449 g/mol. The van der Waals surface area contributed by atoms with Crippen LogP contribution in [0.3, 0.4) is 0 Å². The molecule has 1 aliphatic carbocycles. The highest BCUT2D eigenvalue weighted by atomic mass is 127. The molecule has 128 valence electrons. The predicted octanol–water partition coefficient (Wildman–Crippen LogP) is 3.50. The van der Waals surface area contributed by atoms with E-state index in [-0.39, 0.29) is 24.0 Å². The molecule has 1 heterocycles. The number of hydrogen-bond acceptors (Lipinski definition) is 2. The monoisotopic (exact) mass is 448 g/mol. The van der Waals surface area contributed by atoms with E-state index < -0.39 is 0 Å². The molecule has 0 radical (unpaired) electrons. The molecule has 1 atom stereocenters. The zero-order valence-electron chi connectivity index (χ0n) is 13.6. The summed E-state index contributed by atoms with van der Waals surface area (Å²) in [6, 6.07) is 8.52. The van der Waals surface area contributed by atoms with Crippen LogP contribution in [0.15, 0.2) is 29.3 Å². The summed E-state index contributed by atoms with van der Waals surface area (Å²) in [5.74, 6) is 1.88. The van der Waals surface area contributed by atoms with Crippen LogP contribution in [-0.4, -0.2) is 38.7 Å². The van der Waals surface area contributed by atoms with Gasteiger partial charge in [-0.05, 0) is 37.0 Å². The van der Waals surface area contributed by atoms with Gasteiger partial charge in [0.05, 0.1) is 0 Å². The van der Waals surface area contributed by atoms with Gasteiger partial charge in [-0.1, -0.05) is 30.5 Å². The fourth-order valence-electron chi connectivity index (χ4n) is 2.97. The van der Waals surface area contributed by atoms with Gasteiger partial charge in [0.25, 0.3) is 0 Å². The molecule has 2 fully saturated rings. The van der Waals surface area contributed by atoms with Crippen molar-refractivity contribution in [3.63, 3.8) is 0 Å². The number of benzene rings is 1. The van der Waals surface area contributed by atoms with Crippen LogP contribution in [0, 0.1) is 5.92 Å². The molecule has 2 aliphatic rings. The summed E-state index contributed by atoms with van der Waals surface area (Å²) < 4.78 is 0. The second kappa shape index (κ2) is 8.97. The summed E-state index contributed by atoms with van der Waals surface area (Å²) in [5.41, 5.74) is 1.20. The molecule has 0 spiro atoms. The van der Waals surface area contributed by atoms with Gasteiger partial charge in [-0.15, -0.1) is 24.0 Å². The Hall–Kier alpha value is -0.690. The Balaban J connectivity index is 0.00000192. The summed E-state index contributed by atoms with van der Waals surface area (Å²) in [7, 11) is 1.84. The van der Waals surface area contributed by atoms with Crippen molar-refractivity contribution in [2.24, 2.45) is 10.9 Å². The lowest BCUT2D eigenvalue weighted by Gasteiger charge is -2.20. The summed E-state index contributed by atoms with van der Waals surface area (Å²) in [6.07, 6.45) is 5.20. The maximum Gasteiger partial charge on any atom is 0.191 e. The molecule has 0 bridgehead atoms. The molecule has 2 N–H and O–H groups in total. The van der Waals surface area contributed by atoms with Crippen molar-refractivity contribution in [2.45, 2.75) is 31.7 Å². The van der Waals surface area contributed by atoms with Gasteiger partial charge in [-0.25, -0.2) is 0 Å². The molecule has 6 heteroatoms. The number of halogens is 2. The third-order valence-electron chi connectivity index (χ3n) is 4.47. The van der Waals surface area contributed by atoms with Crippen molar-refractivity contribution in [3.8, 4) is 0 Å². The number of hydrogen-bond donors (Lipinski definition) is 2. The molecule has 1 aliphatic heterocycles. The molecule has 1 saturated heterocycles. The molecular formula is C17H26ClIN4. The number of nitrogens with one attached hydrogen (secondary N) is 2. The Morgan fingerprint density at radius 1 is 1.35 bits per heavy atom. The SMILES string of the molecule is CN=C(NCCC1CC1)NC1CCN(c2cccc(Cl)c2)C1.I. The molecule has 4 nitrogen and oxygen atoms in total. The number of anilines is 1. The molecule has 0 aromatic heterocycles. The van der Waals surface area contributed by atoms with Crippen LogP contribution in [0.5, 0.6) is 0 Å². The van der Waals surface area contributed by atoms with E-state index in [1.165, 1.54) is 24.9 Å². The smallest absolute Gasteiger partial charge is 0.191 e. The minimum Gasteiger partial charge on any atom is -0.369 e. The van der Waals surface area contributed by atoms with Crippen LogP contribution in [0.1, 0.15) is 25.7 Å². The number of guanidine groups is 1. The van der Waals surface area contributed by atoms with Gasteiger partial charge >= 0.3 is 0 Å². The minimum absolute atomic E-state index is 0. The van der Waals surface area contributed by atoms with Gasteiger partial charge in [0.15, 0.2) is 5.96 Å². The standard InChI is InChI=1S/C17H25ClN4.HI/c1-19-17(20-9-7-13-5-6-13)21-15-8-10-22(12-15)16-4-2-3-14(18)11-16;/h2-4,11,13,15H,5-10,12H2,1H3,(H2,19,20,21);1H. The zero-order chi connectivity index (χ0) is 15.4. The zero-order valence-corrected chi connectivity index (χ0v) is 16.7.